The molecule has 1 rings (SSSR count). The van der Waals surface area contributed by atoms with Crippen LogP contribution in [0.25, 0.3) is 0 Å². The van der Waals surface area contributed by atoms with E-state index in [0.717, 1.165) is 6.42 Å². The van der Waals surface area contributed by atoms with Crippen molar-refractivity contribution in [1.29, 1.82) is 0 Å². The lowest BCUT2D eigenvalue weighted by atomic mass is 10.1. The lowest BCUT2D eigenvalue weighted by molar-refractivity contribution is -0.385. The first-order valence-electron chi connectivity index (χ1n) is 6.20. The van der Waals surface area contributed by atoms with Crippen LogP contribution in [-0.2, 0) is 0 Å². The summed E-state index contributed by atoms with van der Waals surface area (Å²) < 4.78 is 0. The Kier molecular flexibility index (Phi) is 5.29. The fourth-order valence-electron chi connectivity index (χ4n) is 1.60. The maximum Gasteiger partial charge on any atom is 0.282 e. The fourth-order valence-corrected chi connectivity index (χ4v) is 1.60. The first-order valence-corrected chi connectivity index (χ1v) is 6.20. The van der Waals surface area contributed by atoms with Crippen LogP contribution in [0.5, 0.6) is 0 Å². The highest BCUT2D eigenvalue weighted by molar-refractivity contribution is 5.99. The van der Waals surface area contributed by atoms with E-state index in [1.54, 1.807) is 13.1 Å². The maximum absolute atomic E-state index is 12.0. The van der Waals surface area contributed by atoms with Crippen molar-refractivity contribution in [1.82, 2.24) is 5.32 Å². The number of nitro benzene ring substituents is 1. The molecular formula is C13H19N3O3. The summed E-state index contributed by atoms with van der Waals surface area (Å²) in [7, 11) is 1.70. The molecule has 0 unspecified atom stereocenters. The average molecular weight is 265 g/mol. The molecule has 0 saturated carbocycles. The average Bonchev–Trinajstić information content (AvgIpc) is 2.37. The van der Waals surface area contributed by atoms with Crippen LogP contribution >= 0.6 is 0 Å². The quantitative estimate of drug-likeness (QED) is 0.611. The molecule has 0 aliphatic heterocycles. The molecule has 0 aliphatic carbocycles. The number of carbonyl (C=O) groups is 1. The smallest absolute Gasteiger partial charge is 0.282 e. The molecule has 0 atom stereocenters. The Morgan fingerprint density at radius 1 is 1.42 bits per heavy atom. The van der Waals surface area contributed by atoms with Gasteiger partial charge < -0.3 is 10.6 Å². The minimum absolute atomic E-state index is 0.0839. The fraction of sp³-hybridized carbons (Fsp3) is 0.462. The third-order valence-electron chi connectivity index (χ3n) is 2.73. The zero-order valence-electron chi connectivity index (χ0n) is 11.4. The third kappa shape index (κ3) is 4.24. The van der Waals surface area contributed by atoms with Crippen LogP contribution in [0.4, 0.5) is 11.4 Å². The zero-order valence-corrected chi connectivity index (χ0v) is 11.4. The van der Waals surface area contributed by atoms with Crippen LogP contribution in [-0.4, -0.2) is 24.4 Å². The predicted octanol–water partition coefficient (Wildman–Crippen LogP) is 2.41. The van der Waals surface area contributed by atoms with Gasteiger partial charge in [-0.3, -0.25) is 14.9 Å². The van der Waals surface area contributed by atoms with Crippen molar-refractivity contribution in [2.24, 2.45) is 5.92 Å². The molecule has 0 aliphatic rings. The van der Waals surface area contributed by atoms with Gasteiger partial charge >= 0.3 is 0 Å². The van der Waals surface area contributed by atoms with Gasteiger partial charge in [0, 0.05) is 25.3 Å². The molecule has 1 amide bonds. The Morgan fingerprint density at radius 2 is 2.11 bits per heavy atom. The third-order valence-corrected chi connectivity index (χ3v) is 2.73. The highest BCUT2D eigenvalue weighted by atomic mass is 16.6. The molecule has 6 nitrogen and oxygen atoms in total. The molecule has 2 N–H and O–H groups in total. The number of nitrogens with zero attached hydrogens (tertiary/aromatic N) is 1. The molecule has 0 radical (unpaired) electrons. The first-order chi connectivity index (χ1) is 8.95. The molecule has 0 saturated heterocycles. The van der Waals surface area contributed by atoms with E-state index in [0.29, 0.717) is 18.2 Å². The summed E-state index contributed by atoms with van der Waals surface area (Å²) in [5.41, 5.74) is 0.571. The number of nitro groups is 1. The molecule has 1 aromatic rings. The molecule has 0 fully saturated rings. The second-order valence-corrected chi connectivity index (χ2v) is 4.68. The van der Waals surface area contributed by atoms with Crippen molar-refractivity contribution in [2.75, 3.05) is 18.9 Å². The number of hydrogen-bond donors (Lipinski definition) is 2. The van der Waals surface area contributed by atoms with Crippen molar-refractivity contribution in [3.05, 3.63) is 33.9 Å². The van der Waals surface area contributed by atoms with Crippen LogP contribution < -0.4 is 10.6 Å². The van der Waals surface area contributed by atoms with E-state index in [4.69, 9.17) is 0 Å². The Hall–Kier alpha value is -2.11. The van der Waals surface area contributed by atoms with Gasteiger partial charge in [0.05, 0.1) is 4.92 Å². The molecule has 19 heavy (non-hydrogen) atoms. The zero-order chi connectivity index (χ0) is 14.4. The Bertz CT molecular complexity index is 472. The van der Waals surface area contributed by atoms with Gasteiger partial charge in [-0.25, -0.2) is 0 Å². The van der Waals surface area contributed by atoms with Crippen LogP contribution in [0, 0.1) is 16.0 Å². The number of amides is 1. The second kappa shape index (κ2) is 6.72. The minimum atomic E-state index is -0.545. The topological polar surface area (TPSA) is 84.3 Å². The Morgan fingerprint density at radius 3 is 2.63 bits per heavy atom. The molecule has 0 spiro atoms. The van der Waals surface area contributed by atoms with E-state index in [-0.39, 0.29) is 11.3 Å². The molecule has 0 aromatic heterocycles. The van der Waals surface area contributed by atoms with E-state index >= 15 is 0 Å². The van der Waals surface area contributed by atoms with Gasteiger partial charge in [-0.1, -0.05) is 13.8 Å². The van der Waals surface area contributed by atoms with Crippen molar-refractivity contribution >= 4 is 17.3 Å². The highest BCUT2D eigenvalue weighted by Gasteiger charge is 2.20. The van der Waals surface area contributed by atoms with Crippen LogP contribution in [0.2, 0.25) is 0 Å². The largest absolute Gasteiger partial charge is 0.388 e. The summed E-state index contributed by atoms with van der Waals surface area (Å²) >= 11 is 0. The summed E-state index contributed by atoms with van der Waals surface area (Å²) in [5, 5.41) is 16.5. The van der Waals surface area contributed by atoms with E-state index in [2.05, 4.69) is 24.5 Å². The minimum Gasteiger partial charge on any atom is -0.388 e. The summed E-state index contributed by atoms with van der Waals surface area (Å²) in [6.07, 6.45) is 0.839. The predicted molar refractivity (Wildman–Crippen MR) is 74.4 cm³/mol. The van der Waals surface area contributed by atoms with Gasteiger partial charge in [-0.05, 0) is 24.5 Å². The van der Waals surface area contributed by atoms with E-state index in [9.17, 15) is 14.9 Å². The Labute approximate surface area is 112 Å². The summed E-state index contributed by atoms with van der Waals surface area (Å²) in [6.45, 7) is 4.61. The molecule has 0 heterocycles. The summed E-state index contributed by atoms with van der Waals surface area (Å²) in [6, 6.07) is 4.40. The van der Waals surface area contributed by atoms with E-state index in [1.165, 1.54) is 12.1 Å². The number of rotatable bonds is 6. The van der Waals surface area contributed by atoms with Gasteiger partial charge in [0.25, 0.3) is 11.6 Å². The number of carbonyl (C=O) groups excluding carboxylic acids is 1. The maximum atomic E-state index is 12.0. The number of benzene rings is 1. The lowest BCUT2D eigenvalue weighted by Gasteiger charge is -2.09. The van der Waals surface area contributed by atoms with Gasteiger partial charge in [0.2, 0.25) is 0 Å². The van der Waals surface area contributed by atoms with Crippen LogP contribution in [0.1, 0.15) is 30.6 Å². The van der Waals surface area contributed by atoms with Gasteiger partial charge in [0.1, 0.15) is 5.56 Å². The van der Waals surface area contributed by atoms with E-state index in [1.807, 2.05) is 0 Å². The summed E-state index contributed by atoms with van der Waals surface area (Å²) in [4.78, 5) is 22.3. The summed E-state index contributed by atoms with van der Waals surface area (Å²) in [5.74, 6) is 0.0587. The molecule has 1 aromatic carbocycles. The Balaban J connectivity index is 2.89. The lowest BCUT2D eigenvalue weighted by Crippen LogP contribution is -2.26. The van der Waals surface area contributed by atoms with Crippen LogP contribution in [0.15, 0.2) is 18.2 Å². The van der Waals surface area contributed by atoms with Gasteiger partial charge in [-0.15, -0.1) is 0 Å². The second-order valence-electron chi connectivity index (χ2n) is 4.68. The van der Waals surface area contributed by atoms with Crippen molar-refractivity contribution in [2.45, 2.75) is 20.3 Å². The monoisotopic (exact) mass is 265 g/mol. The number of anilines is 1. The molecular weight excluding hydrogens is 246 g/mol. The van der Waals surface area contributed by atoms with Crippen molar-refractivity contribution in [3.63, 3.8) is 0 Å². The first kappa shape index (κ1) is 14.9. The van der Waals surface area contributed by atoms with E-state index < -0.39 is 10.8 Å². The van der Waals surface area contributed by atoms with Crippen molar-refractivity contribution < 1.29 is 9.72 Å². The molecule has 0 bridgehead atoms. The standard InChI is InChI=1S/C13H19N3O3/c1-9(2)6-7-15-13(17)11-8-10(14-3)4-5-12(11)16(18)19/h4-5,8-9,14H,6-7H2,1-3H3,(H,15,17). The normalized spacial score (nSPS) is 10.3. The highest BCUT2D eigenvalue weighted by Crippen LogP contribution is 2.22. The molecule has 6 heteroatoms. The molecule has 104 valence electrons. The number of nitrogens with one attached hydrogen (secondary N) is 2. The van der Waals surface area contributed by atoms with Gasteiger partial charge in [-0.2, -0.15) is 0 Å². The van der Waals surface area contributed by atoms with Crippen molar-refractivity contribution in [3.8, 4) is 0 Å². The number of hydrogen-bond acceptors (Lipinski definition) is 4. The van der Waals surface area contributed by atoms with Crippen LogP contribution in [0.3, 0.4) is 0 Å². The van der Waals surface area contributed by atoms with Gasteiger partial charge in [0.15, 0.2) is 0 Å². The SMILES string of the molecule is CNc1ccc([N+](=O)[O-])c(C(=O)NCCC(C)C)c1.